The Morgan fingerprint density at radius 2 is 1.25 bits per heavy atom. The Bertz CT molecular complexity index is 1100. The fourth-order valence-electron chi connectivity index (χ4n) is 4.37. The second kappa shape index (κ2) is 12.4. The molecule has 2 atom stereocenters. The van der Waals surface area contributed by atoms with E-state index in [1.807, 2.05) is 4.90 Å². The Balaban J connectivity index is 1.92. The first-order chi connectivity index (χ1) is 18.6. The van der Waals surface area contributed by atoms with Gasteiger partial charge in [-0.05, 0) is 31.9 Å². The number of ether oxygens (including phenoxy) is 2. The molecule has 0 spiro atoms. The normalized spacial score (nSPS) is 16.8. The number of piperazine rings is 1. The van der Waals surface area contributed by atoms with Crippen LogP contribution in [-0.4, -0.2) is 72.2 Å². The number of nitrogens with one attached hydrogen (secondary N) is 1. The van der Waals surface area contributed by atoms with Crippen molar-refractivity contribution in [3.63, 3.8) is 0 Å². The van der Waals surface area contributed by atoms with Crippen LogP contribution in [0.2, 0.25) is 0 Å². The third-order valence-corrected chi connectivity index (χ3v) is 6.07. The van der Waals surface area contributed by atoms with Gasteiger partial charge in [-0.3, -0.25) is 4.90 Å². The molecule has 0 bridgehead atoms. The van der Waals surface area contributed by atoms with Crippen LogP contribution in [0.1, 0.15) is 44.0 Å². The van der Waals surface area contributed by atoms with Gasteiger partial charge in [0.15, 0.2) is 0 Å². The minimum atomic E-state index is -5.85. The quantitative estimate of drug-likeness (QED) is 0.413. The smallest absolute Gasteiger partial charge is 0.434 e. The molecule has 1 saturated heterocycles. The van der Waals surface area contributed by atoms with Crippen LogP contribution in [0.5, 0.6) is 0 Å². The fourth-order valence-corrected chi connectivity index (χ4v) is 4.37. The minimum Gasteiger partial charge on any atom is -0.444 e. The van der Waals surface area contributed by atoms with Crippen LogP contribution in [0.4, 0.5) is 35.9 Å². The number of carbonyl (C=O) groups is 2. The highest BCUT2D eigenvalue weighted by atomic mass is 19.4. The second-order valence-corrected chi connectivity index (χ2v) is 10.3. The molecular weight excluding hydrogens is 544 g/mol. The third-order valence-electron chi connectivity index (χ3n) is 6.07. The highest BCUT2D eigenvalue weighted by Crippen LogP contribution is 2.38. The van der Waals surface area contributed by atoms with Gasteiger partial charge in [0.05, 0.1) is 12.1 Å². The van der Waals surface area contributed by atoms with Crippen LogP contribution >= 0.6 is 0 Å². The Hall–Kier alpha value is -3.48. The molecule has 2 amide bonds. The number of benzene rings is 2. The molecule has 13 heteroatoms. The lowest BCUT2D eigenvalue weighted by atomic mass is 9.91. The van der Waals surface area contributed by atoms with Gasteiger partial charge >= 0.3 is 24.5 Å². The molecule has 3 rings (SSSR count). The number of hydrogen-bond donors (Lipinski definition) is 1. The molecule has 0 aliphatic carbocycles. The van der Waals surface area contributed by atoms with Crippen molar-refractivity contribution in [2.24, 2.45) is 0 Å². The van der Waals surface area contributed by atoms with Crippen molar-refractivity contribution in [1.29, 1.82) is 0 Å². The maximum Gasteiger partial charge on any atom is 0.434 e. The van der Waals surface area contributed by atoms with Crippen LogP contribution in [0.25, 0.3) is 0 Å². The highest BCUT2D eigenvalue weighted by Gasteiger charge is 2.60. The van der Waals surface area contributed by atoms with Crippen molar-refractivity contribution in [3.05, 3.63) is 71.8 Å². The minimum absolute atomic E-state index is 0.244. The lowest BCUT2D eigenvalue weighted by Crippen LogP contribution is -2.53. The van der Waals surface area contributed by atoms with Gasteiger partial charge in [0.2, 0.25) is 0 Å². The topological polar surface area (TPSA) is 71.1 Å². The van der Waals surface area contributed by atoms with Crippen molar-refractivity contribution in [2.75, 3.05) is 26.2 Å². The molecule has 1 aliphatic rings. The molecule has 1 fully saturated rings. The van der Waals surface area contributed by atoms with Gasteiger partial charge in [-0.15, -0.1) is 0 Å². The molecule has 2 aromatic rings. The first kappa shape index (κ1) is 31.1. The maximum absolute atomic E-state index is 13.1. The molecule has 40 heavy (non-hydrogen) atoms. The summed E-state index contributed by atoms with van der Waals surface area (Å²) in [7, 11) is 0. The van der Waals surface area contributed by atoms with Gasteiger partial charge in [-0.1, -0.05) is 60.7 Å². The molecular formula is C27H31F6N3O4. The summed E-state index contributed by atoms with van der Waals surface area (Å²) >= 11 is 0. The van der Waals surface area contributed by atoms with Crippen molar-refractivity contribution >= 4 is 12.2 Å². The molecule has 1 N–H and O–H groups in total. The zero-order valence-corrected chi connectivity index (χ0v) is 22.1. The first-order valence-corrected chi connectivity index (χ1v) is 12.5. The maximum atomic E-state index is 13.1. The van der Waals surface area contributed by atoms with Crippen LogP contribution in [0.3, 0.4) is 0 Å². The number of hydrogen-bond acceptors (Lipinski definition) is 5. The molecule has 7 nitrogen and oxygen atoms in total. The summed E-state index contributed by atoms with van der Waals surface area (Å²) in [4.78, 5) is 28.6. The van der Waals surface area contributed by atoms with Crippen LogP contribution in [-0.2, 0) is 9.47 Å². The Morgan fingerprint density at radius 1 is 0.775 bits per heavy atom. The third kappa shape index (κ3) is 8.51. The van der Waals surface area contributed by atoms with Gasteiger partial charge in [0.1, 0.15) is 5.60 Å². The van der Waals surface area contributed by atoms with Crippen LogP contribution in [0, 0.1) is 0 Å². The van der Waals surface area contributed by atoms with E-state index in [2.05, 4.69) is 10.1 Å². The van der Waals surface area contributed by atoms with E-state index in [0.717, 1.165) is 0 Å². The predicted molar refractivity (Wildman–Crippen MR) is 133 cm³/mol. The second-order valence-electron chi connectivity index (χ2n) is 10.3. The van der Waals surface area contributed by atoms with Crippen molar-refractivity contribution < 1.29 is 45.4 Å². The van der Waals surface area contributed by atoms with Crippen molar-refractivity contribution in [1.82, 2.24) is 15.1 Å². The summed E-state index contributed by atoms with van der Waals surface area (Å²) in [5.74, 6) is 0. The Kier molecular flexibility index (Phi) is 9.60. The molecule has 1 heterocycles. The van der Waals surface area contributed by atoms with E-state index in [4.69, 9.17) is 4.74 Å². The number of rotatable bonds is 6. The number of alkyl carbamates (subject to hydrolysis) is 1. The molecule has 2 aromatic carbocycles. The van der Waals surface area contributed by atoms with E-state index in [1.54, 1.807) is 81.4 Å². The molecule has 0 radical (unpaired) electrons. The van der Waals surface area contributed by atoms with Gasteiger partial charge in [0, 0.05) is 26.2 Å². The summed E-state index contributed by atoms with van der Waals surface area (Å²) in [5, 5.41) is 2.26. The Morgan fingerprint density at radius 3 is 1.70 bits per heavy atom. The van der Waals surface area contributed by atoms with E-state index in [9.17, 15) is 35.9 Å². The van der Waals surface area contributed by atoms with Crippen LogP contribution in [0.15, 0.2) is 60.7 Å². The standard InChI is InChI=1S/C27H31F6N3O4/c1-25(2,3)40-24(38)36-16-14-35(15-17-36)21(19-12-8-5-9-13-19)20(18-10-6-4-7-11-18)34-23(37)39-22(26(28,29)30)27(31,32)33/h4-13,20-22H,14-17H2,1-3H3,(H,34,37)/t20-,21+/m1/s1. The summed E-state index contributed by atoms with van der Waals surface area (Å²) in [5.41, 5.74) is 0.373. The van der Waals surface area contributed by atoms with E-state index < -0.39 is 48.3 Å². The number of alkyl halides is 6. The first-order valence-electron chi connectivity index (χ1n) is 12.5. The number of nitrogens with zero attached hydrogens (tertiary/aromatic N) is 2. The molecule has 0 unspecified atom stereocenters. The lowest BCUT2D eigenvalue weighted by molar-refractivity contribution is -0.307. The van der Waals surface area contributed by atoms with E-state index in [1.165, 1.54) is 4.90 Å². The average molecular weight is 576 g/mol. The van der Waals surface area contributed by atoms with E-state index >= 15 is 0 Å². The summed E-state index contributed by atoms with van der Waals surface area (Å²) in [6.07, 6.45) is -18.4. The number of carbonyl (C=O) groups excluding carboxylic acids is 2. The van der Waals surface area contributed by atoms with Gasteiger partial charge in [-0.2, -0.15) is 26.3 Å². The SMILES string of the molecule is CC(C)(C)OC(=O)N1CCN([C@@H](c2ccccc2)[C@H](NC(=O)OC(C(F)(F)F)C(F)(F)F)c2ccccc2)CC1. The van der Waals surface area contributed by atoms with E-state index in [0.29, 0.717) is 11.1 Å². The van der Waals surface area contributed by atoms with Crippen molar-refractivity contribution in [3.8, 4) is 0 Å². The fraction of sp³-hybridized carbons (Fsp3) is 0.481. The monoisotopic (exact) mass is 575 g/mol. The lowest BCUT2D eigenvalue weighted by Gasteiger charge is -2.43. The molecule has 0 aromatic heterocycles. The van der Waals surface area contributed by atoms with Crippen LogP contribution < -0.4 is 5.32 Å². The average Bonchev–Trinajstić information content (AvgIpc) is 2.86. The highest BCUT2D eigenvalue weighted by molar-refractivity contribution is 5.69. The zero-order valence-electron chi connectivity index (χ0n) is 22.1. The zero-order chi connectivity index (χ0) is 29.7. The number of halogens is 6. The van der Waals surface area contributed by atoms with Gasteiger partial charge in [-0.25, -0.2) is 9.59 Å². The van der Waals surface area contributed by atoms with Crippen molar-refractivity contribution in [2.45, 2.75) is 56.9 Å². The molecule has 1 aliphatic heterocycles. The van der Waals surface area contributed by atoms with E-state index in [-0.39, 0.29) is 26.2 Å². The molecule has 0 saturated carbocycles. The molecule has 220 valence electrons. The number of amides is 2. The Labute approximate surface area is 228 Å². The summed E-state index contributed by atoms with van der Waals surface area (Å²) < 4.78 is 87.8. The largest absolute Gasteiger partial charge is 0.444 e. The van der Waals surface area contributed by atoms with Gasteiger partial charge < -0.3 is 19.7 Å². The predicted octanol–water partition coefficient (Wildman–Crippen LogP) is 6.24. The summed E-state index contributed by atoms with van der Waals surface area (Å²) in [6, 6.07) is 15.0. The summed E-state index contributed by atoms with van der Waals surface area (Å²) in [6.45, 7) is 6.28. The van der Waals surface area contributed by atoms with Gasteiger partial charge in [0.25, 0.3) is 6.10 Å².